The molecule has 2 fully saturated rings. The number of imide groups is 1. The summed E-state index contributed by atoms with van der Waals surface area (Å²) in [5, 5.41) is 1.50. The zero-order valence-corrected chi connectivity index (χ0v) is 11.2. The second-order valence-electron chi connectivity index (χ2n) is 4.94. The highest BCUT2D eigenvalue weighted by Gasteiger charge is 2.67. The summed E-state index contributed by atoms with van der Waals surface area (Å²) in [6.45, 7) is 1.91. The molecule has 2 amide bonds. The van der Waals surface area contributed by atoms with Crippen molar-refractivity contribution in [2.24, 2.45) is 5.92 Å². The van der Waals surface area contributed by atoms with Gasteiger partial charge in [0, 0.05) is 13.2 Å². The molecule has 3 aliphatic rings. The predicted octanol–water partition coefficient (Wildman–Crippen LogP) is -0.825. The van der Waals surface area contributed by atoms with E-state index in [0.29, 0.717) is 0 Å². The third-order valence-corrected chi connectivity index (χ3v) is 3.98. The van der Waals surface area contributed by atoms with Crippen LogP contribution in [0.3, 0.4) is 0 Å². The number of carbonyl (C=O) groups is 3. The first kappa shape index (κ1) is 12.9. The zero-order valence-electron chi connectivity index (χ0n) is 11.2. The van der Waals surface area contributed by atoms with Gasteiger partial charge in [0.1, 0.15) is 12.0 Å². The summed E-state index contributed by atoms with van der Waals surface area (Å²) in [5.74, 6) is -2.04. The number of likely N-dealkylation sites (N-methyl/N-ethyl adjacent to an activating group) is 1. The highest BCUT2D eigenvalue weighted by Crippen LogP contribution is 2.42. The Morgan fingerprint density at radius 3 is 2.85 bits per heavy atom. The van der Waals surface area contributed by atoms with Crippen molar-refractivity contribution in [3.8, 4) is 0 Å². The van der Waals surface area contributed by atoms with Crippen LogP contribution in [0.15, 0.2) is 24.4 Å². The molecule has 0 aliphatic carbocycles. The third kappa shape index (κ3) is 1.35. The molecule has 0 aromatic rings. The maximum absolute atomic E-state index is 12.4. The monoisotopic (exact) mass is 277 g/mol. The lowest BCUT2D eigenvalue weighted by Gasteiger charge is -2.36. The van der Waals surface area contributed by atoms with E-state index in [-0.39, 0.29) is 18.4 Å². The summed E-state index contributed by atoms with van der Waals surface area (Å²) >= 11 is 0. The maximum Gasteiger partial charge on any atom is 0.338 e. The molecule has 7 nitrogen and oxygen atoms in total. The number of likely N-dealkylation sites (tertiary alicyclic amines) is 1. The summed E-state index contributed by atoms with van der Waals surface area (Å²) in [6.07, 6.45) is 6.67. The molecule has 20 heavy (non-hydrogen) atoms. The van der Waals surface area contributed by atoms with E-state index in [2.05, 4.69) is 5.43 Å². The van der Waals surface area contributed by atoms with Gasteiger partial charge in [0.15, 0.2) is 5.54 Å². The van der Waals surface area contributed by atoms with Crippen LogP contribution >= 0.6 is 0 Å². The molecule has 0 radical (unpaired) electrons. The molecule has 2 saturated heterocycles. The van der Waals surface area contributed by atoms with Gasteiger partial charge in [0.25, 0.3) is 0 Å². The topological polar surface area (TPSA) is 79.0 Å². The Kier molecular flexibility index (Phi) is 2.68. The second-order valence-corrected chi connectivity index (χ2v) is 4.94. The number of hydrogen-bond donors (Lipinski definition) is 1. The Morgan fingerprint density at radius 2 is 2.15 bits per heavy atom. The van der Waals surface area contributed by atoms with Crippen LogP contribution in [0.25, 0.3) is 0 Å². The van der Waals surface area contributed by atoms with E-state index in [1.807, 2.05) is 0 Å². The average molecular weight is 277 g/mol. The van der Waals surface area contributed by atoms with Crippen LogP contribution in [-0.4, -0.2) is 52.9 Å². The number of amides is 2. The highest BCUT2D eigenvalue weighted by molar-refractivity contribution is 6.11. The van der Waals surface area contributed by atoms with Crippen LogP contribution in [0, 0.1) is 5.92 Å². The summed E-state index contributed by atoms with van der Waals surface area (Å²) < 4.78 is 5.13. The fourth-order valence-corrected chi connectivity index (χ4v) is 3.02. The van der Waals surface area contributed by atoms with Gasteiger partial charge in [-0.1, -0.05) is 6.08 Å². The van der Waals surface area contributed by atoms with Gasteiger partial charge >= 0.3 is 5.97 Å². The van der Waals surface area contributed by atoms with Crippen molar-refractivity contribution in [3.63, 3.8) is 0 Å². The minimum absolute atomic E-state index is 0.210. The Balaban J connectivity index is 2.10. The summed E-state index contributed by atoms with van der Waals surface area (Å²) in [6, 6.07) is -0.732. The molecular weight excluding hydrogens is 262 g/mol. The highest BCUT2D eigenvalue weighted by atomic mass is 16.5. The quantitative estimate of drug-likeness (QED) is 0.524. The number of nitrogens with zero attached hydrogens (tertiary/aromatic N) is 2. The molecule has 0 bridgehead atoms. The van der Waals surface area contributed by atoms with E-state index >= 15 is 0 Å². The van der Waals surface area contributed by atoms with Crippen molar-refractivity contribution >= 4 is 17.8 Å². The summed E-state index contributed by atoms with van der Waals surface area (Å²) in [4.78, 5) is 37.9. The van der Waals surface area contributed by atoms with Crippen LogP contribution in [0.4, 0.5) is 0 Å². The second kappa shape index (κ2) is 4.17. The van der Waals surface area contributed by atoms with Crippen LogP contribution < -0.4 is 5.43 Å². The fraction of sp³-hybridized carbons (Fsp3) is 0.462. The van der Waals surface area contributed by atoms with Gasteiger partial charge < -0.3 is 4.74 Å². The molecular formula is C13H15N3O4. The van der Waals surface area contributed by atoms with Crippen molar-refractivity contribution in [1.82, 2.24) is 15.3 Å². The first-order chi connectivity index (χ1) is 9.54. The van der Waals surface area contributed by atoms with Gasteiger partial charge in [-0.3, -0.25) is 19.5 Å². The summed E-state index contributed by atoms with van der Waals surface area (Å²) in [5.41, 5.74) is 1.64. The van der Waals surface area contributed by atoms with Crippen LogP contribution in [0.5, 0.6) is 0 Å². The SMILES string of the molecule is CCOC(=O)C12C=CC=CN1N[C@H]1C(=O)N(C)C(=O)[C@H]12. The van der Waals surface area contributed by atoms with Gasteiger partial charge in [-0.15, -0.1) is 0 Å². The predicted molar refractivity (Wildman–Crippen MR) is 67.7 cm³/mol. The average Bonchev–Trinajstić information content (AvgIpc) is 2.90. The van der Waals surface area contributed by atoms with Crippen molar-refractivity contribution in [2.45, 2.75) is 18.5 Å². The van der Waals surface area contributed by atoms with Crippen LogP contribution in [0.1, 0.15) is 6.92 Å². The fourth-order valence-electron chi connectivity index (χ4n) is 3.02. The number of carbonyl (C=O) groups excluding carboxylic acids is 3. The first-order valence-corrected chi connectivity index (χ1v) is 6.44. The lowest BCUT2D eigenvalue weighted by Crippen LogP contribution is -2.57. The number of hydrogen-bond acceptors (Lipinski definition) is 6. The maximum atomic E-state index is 12.4. The Labute approximate surface area is 115 Å². The molecule has 3 atom stereocenters. The van der Waals surface area contributed by atoms with E-state index in [4.69, 9.17) is 4.74 Å². The van der Waals surface area contributed by atoms with Crippen molar-refractivity contribution in [1.29, 1.82) is 0 Å². The molecule has 0 aromatic carbocycles. The van der Waals surface area contributed by atoms with Crippen molar-refractivity contribution in [3.05, 3.63) is 24.4 Å². The molecule has 7 heteroatoms. The number of fused-ring (bicyclic) bond motifs is 3. The minimum Gasteiger partial charge on any atom is -0.464 e. The number of allylic oxidation sites excluding steroid dienone is 2. The normalized spacial score (nSPS) is 34.5. The Hall–Kier alpha value is -2.15. The van der Waals surface area contributed by atoms with E-state index in [9.17, 15) is 14.4 Å². The van der Waals surface area contributed by atoms with Gasteiger partial charge in [-0.2, -0.15) is 0 Å². The largest absolute Gasteiger partial charge is 0.464 e. The van der Waals surface area contributed by atoms with Crippen molar-refractivity contribution < 1.29 is 19.1 Å². The van der Waals surface area contributed by atoms with Gasteiger partial charge in [-0.25, -0.2) is 10.2 Å². The van der Waals surface area contributed by atoms with Crippen LogP contribution in [0.2, 0.25) is 0 Å². The molecule has 3 heterocycles. The van der Waals surface area contributed by atoms with E-state index in [1.54, 1.807) is 31.4 Å². The standard InChI is InChI=1S/C13H15N3O4/c1-3-20-12(19)13-6-4-5-7-16(13)14-9-8(13)10(17)15(2)11(9)18/h4-9,14H,3H2,1-2H3/t8-,9+,13?/m0/s1. The molecule has 3 aliphatic heterocycles. The molecule has 0 saturated carbocycles. The van der Waals surface area contributed by atoms with Gasteiger partial charge in [0.2, 0.25) is 11.8 Å². The van der Waals surface area contributed by atoms with Gasteiger partial charge in [0.05, 0.1) is 6.61 Å². The van der Waals surface area contributed by atoms with Crippen molar-refractivity contribution in [2.75, 3.05) is 13.7 Å². The smallest absolute Gasteiger partial charge is 0.338 e. The molecule has 1 unspecified atom stereocenters. The third-order valence-electron chi connectivity index (χ3n) is 3.98. The van der Waals surface area contributed by atoms with Gasteiger partial charge in [-0.05, 0) is 19.1 Å². The van der Waals surface area contributed by atoms with E-state index in [0.717, 1.165) is 4.90 Å². The number of rotatable bonds is 2. The number of esters is 1. The number of hydrazine groups is 1. The number of ether oxygens (including phenoxy) is 1. The molecule has 106 valence electrons. The first-order valence-electron chi connectivity index (χ1n) is 6.44. The van der Waals surface area contributed by atoms with Crippen LogP contribution in [-0.2, 0) is 19.1 Å². The molecule has 0 spiro atoms. The molecule has 3 rings (SSSR count). The Bertz CT molecular complexity index is 556. The van der Waals surface area contributed by atoms with E-state index in [1.165, 1.54) is 12.1 Å². The van der Waals surface area contributed by atoms with E-state index < -0.39 is 23.5 Å². The minimum atomic E-state index is -1.28. The molecule has 1 N–H and O–H groups in total. The molecule has 0 aromatic heterocycles. The number of nitrogens with one attached hydrogen (secondary N) is 1. The lowest BCUT2D eigenvalue weighted by atomic mass is 9.80. The zero-order chi connectivity index (χ0) is 14.5. The summed E-state index contributed by atoms with van der Waals surface area (Å²) in [7, 11) is 1.43. The lowest BCUT2D eigenvalue weighted by molar-refractivity contribution is -0.158. The Morgan fingerprint density at radius 1 is 1.40 bits per heavy atom.